The van der Waals surface area contributed by atoms with E-state index in [0.717, 1.165) is 44.7 Å². The highest BCUT2D eigenvalue weighted by atomic mass is 35.5. The molecule has 1 N–H and O–H groups in total. The topological polar surface area (TPSA) is 35.6 Å². The van der Waals surface area contributed by atoms with Crippen molar-refractivity contribution in [1.82, 2.24) is 15.1 Å². The lowest BCUT2D eigenvalue weighted by atomic mass is 9.91. The van der Waals surface area contributed by atoms with Crippen molar-refractivity contribution >= 4 is 18.3 Å². The molecule has 1 amide bonds. The first-order valence-electron chi connectivity index (χ1n) is 8.35. The van der Waals surface area contributed by atoms with Gasteiger partial charge in [0.2, 0.25) is 5.91 Å². The minimum absolute atomic E-state index is 0. The number of halogens is 1. The number of hydrogen-bond donors (Lipinski definition) is 1. The average molecular weight is 316 g/mol. The molecule has 4 unspecified atom stereocenters. The van der Waals surface area contributed by atoms with E-state index in [2.05, 4.69) is 29.0 Å². The molecule has 3 saturated heterocycles. The number of rotatable bonds is 2. The summed E-state index contributed by atoms with van der Waals surface area (Å²) in [7, 11) is 0. The quantitative estimate of drug-likeness (QED) is 0.841. The van der Waals surface area contributed by atoms with E-state index >= 15 is 0 Å². The molecule has 3 aliphatic heterocycles. The predicted molar refractivity (Wildman–Crippen MR) is 87.7 cm³/mol. The number of carbonyl (C=O) groups excluding carboxylic acids is 1. The number of likely N-dealkylation sites (tertiary alicyclic amines) is 2. The van der Waals surface area contributed by atoms with Gasteiger partial charge in [-0.05, 0) is 43.6 Å². The molecule has 122 valence electrons. The average Bonchev–Trinajstić information content (AvgIpc) is 2.85. The first-order valence-corrected chi connectivity index (χ1v) is 8.35. The Morgan fingerprint density at radius 1 is 1.14 bits per heavy atom. The van der Waals surface area contributed by atoms with Crippen molar-refractivity contribution in [2.75, 3.05) is 39.3 Å². The van der Waals surface area contributed by atoms with Crippen molar-refractivity contribution in [3.63, 3.8) is 0 Å². The minimum Gasteiger partial charge on any atom is -0.341 e. The van der Waals surface area contributed by atoms with Gasteiger partial charge in [-0.2, -0.15) is 0 Å². The van der Waals surface area contributed by atoms with E-state index in [9.17, 15) is 4.79 Å². The summed E-state index contributed by atoms with van der Waals surface area (Å²) in [5, 5.41) is 3.59. The fourth-order valence-corrected chi connectivity index (χ4v) is 4.42. The van der Waals surface area contributed by atoms with Crippen molar-refractivity contribution in [1.29, 1.82) is 0 Å². The Morgan fingerprint density at radius 2 is 1.86 bits per heavy atom. The van der Waals surface area contributed by atoms with Gasteiger partial charge in [0, 0.05) is 32.2 Å². The fourth-order valence-electron chi connectivity index (χ4n) is 4.42. The van der Waals surface area contributed by atoms with Crippen LogP contribution in [0.2, 0.25) is 0 Å². The standard InChI is InChI=1S/C16H29N3O.ClH/c1-12-7-13(2)9-19(8-12)16(20)11-18-6-4-15-14(10-18)3-5-17-15;/h12-15,17H,3-11H2,1-2H3;1H. The van der Waals surface area contributed by atoms with Crippen molar-refractivity contribution in [3.8, 4) is 0 Å². The van der Waals surface area contributed by atoms with Gasteiger partial charge in [-0.1, -0.05) is 13.8 Å². The second-order valence-electron chi connectivity index (χ2n) is 7.38. The van der Waals surface area contributed by atoms with E-state index in [1.54, 1.807) is 0 Å². The molecule has 0 aromatic rings. The zero-order valence-electron chi connectivity index (χ0n) is 13.4. The van der Waals surface area contributed by atoms with Crippen LogP contribution in [0.5, 0.6) is 0 Å². The second kappa shape index (κ2) is 7.30. The maximum absolute atomic E-state index is 12.5. The number of nitrogens with zero attached hydrogens (tertiary/aromatic N) is 2. The number of piperidine rings is 2. The van der Waals surface area contributed by atoms with Crippen LogP contribution in [0, 0.1) is 17.8 Å². The Bertz CT molecular complexity index is 355. The van der Waals surface area contributed by atoms with Crippen molar-refractivity contribution in [2.45, 2.75) is 39.2 Å². The molecule has 0 aromatic carbocycles. The molecule has 0 bridgehead atoms. The highest BCUT2D eigenvalue weighted by Crippen LogP contribution is 2.25. The number of nitrogens with one attached hydrogen (secondary N) is 1. The smallest absolute Gasteiger partial charge is 0.236 e. The van der Waals surface area contributed by atoms with Crippen LogP contribution in [0.15, 0.2) is 0 Å². The molecule has 4 atom stereocenters. The van der Waals surface area contributed by atoms with Crippen LogP contribution in [0.25, 0.3) is 0 Å². The number of hydrogen-bond acceptors (Lipinski definition) is 3. The van der Waals surface area contributed by atoms with Crippen molar-refractivity contribution in [2.24, 2.45) is 17.8 Å². The van der Waals surface area contributed by atoms with Gasteiger partial charge in [-0.25, -0.2) is 0 Å². The van der Waals surface area contributed by atoms with E-state index in [1.165, 1.54) is 19.3 Å². The van der Waals surface area contributed by atoms with Crippen LogP contribution in [0.4, 0.5) is 0 Å². The molecule has 0 spiro atoms. The van der Waals surface area contributed by atoms with E-state index in [0.29, 0.717) is 24.3 Å². The molecule has 0 aromatic heterocycles. The first kappa shape index (κ1) is 17.0. The first-order chi connectivity index (χ1) is 9.61. The van der Waals surface area contributed by atoms with E-state index in [4.69, 9.17) is 0 Å². The molecule has 3 rings (SSSR count). The monoisotopic (exact) mass is 315 g/mol. The van der Waals surface area contributed by atoms with Gasteiger partial charge in [0.15, 0.2) is 0 Å². The molecule has 0 aliphatic carbocycles. The molecule has 3 heterocycles. The Morgan fingerprint density at radius 3 is 2.57 bits per heavy atom. The molecule has 0 radical (unpaired) electrons. The molecule has 3 fully saturated rings. The molecule has 0 saturated carbocycles. The van der Waals surface area contributed by atoms with E-state index < -0.39 is 0 Å². The zero-order valence-corrected chi connectivity index (χ0v) is 14.2. The van der Waals surface area contributed by atoms with Crippen LogP contribution in [-0.4, -0.2) is 61.0 Å². The number of carbonyl (C=O) groups is 1. The van der Waals surface area contributed by atoms with E-state index in [1.807, 2.05) is 0 Å². The summed E-state index contributed by atoms with van der Waals surface area (Å²) in [6.07, 6.45) is 3.76. The van der Waals surface area contributed by atoms with Gasteiger partial charge in [0.05, 0.1) is 6.54 Å². The van der Waals surface area contributed by atoms with Crippen LogP contribution >= 0.6 is 12.4 Å². The predicted octanol–water partition coefficient (Wildman–Crippen LogP) is 1.60. The third kappa shape index (κ3) is 4.11. The molecule has 5 heteroatoms. The van der Waals surface area contributed by atoms with Gasteiger partial charge in [0.25, 0.3) is 0 Å². The Labute approximate surface area is 135 Å². The highest BCUT2D eigenvalue weighted by molar-refractivity contribution is 5.85. The highest BCUT2D eigenvalue weighted by Gasteiger charge is 2.34. The van der Waals surface area contributed by atoms with E-state index in [-0.39, 0.29) is 12.4 Å². The van der Waals surface area contributed by atoms with Gasteiger partial charge >= 0.3 is 0 Å². The Balaban J connectivity index is 0.00000161. The summed E-state index contributed by atoms with van der Waals surface area (Å²) < 4.78 is 0. The summed E-state index contributed by atoms with van der Waals surface area (Å²) in [6, 6.07) is 0.719. The lowest BCUT2D eigenvalue weighted by Gasteiger charge is -2.38. The van der Waals surface area contributed by atoms with Crippen LogP contribution in [0.3, 0.4) is 0 Å². The summed E-state index contributed by atoms with van der Waals surface area (Å²) in [5.74, 6) is 2.45. The summed E-state index contributed by atoms with van der Waals surface area (Å²) in [4.78, 5) is 17.0. The van der Waals surface area contributed by atoms with Gasteiger partial charge in [-0.3, -0.25) is 9.69 Å². The Hall–Kier alpha value is -0.320. The maximum Gasteiger partial charge on any atom is 0.236 e. The number of fused-ring (bicyclic) bond motifs is 1. The van der Waals surface area contributed by atoms with Crippen LogP contribution in [-0.2, 0) is 4.79 Å². The number of amides is 1. The lowest BCUT2D eigenvalue weighted by molar-refractivity contribution is -0.135. The zero-order chi connectivity index (χ0) is 14.1. The van der Waals surface area contributed by atoms with Crippen molar-refractivity contribution in [3.05, 3.63) is 0 Å². The normalized spacial score (nSPS) is 37.0. The third-order valence-corrected chi connectivity index (χ3v) is 5.32. The molecular formula is C16H30ClN3O. The molecule has 3 aliphatic rings. The van der Waals surface area contributed by atoms with Crippen LogP contribution < -0.4 is 5.32 Å². The van der Waals surface area contributed by atoms with Gasteiger partial charge < -0.3 is 10.2 Å². The van der Waals surface area contributed by atoms with Gasteiger partial charge in [-0.15, -0.1) is 12.4 Å². The summed E-state index contributed by atoms with van der Waals surface area (Å²) in [6.45, 7) is 10.5. The maximum atomic E-state index is 12.5. The van der Waals surface area contributed by atoms with Crippen molar-refractivity contribution < 1.29 is 4.79 Å². The molecule has 4 nitrogen and oxygen atoms in total. The molecular weight excluding hydrogens is 286 g/mol. The Kier molecular flexibility index (Phi) is 5.92. The van der Waals surface area contributed by atoms with Gasteiger partial charge in [0.1, 0.15) is 0 Å². The molecule has 21 heavy (non-hydrogen) atoms. The lowest BCUT2D eigenvalue weighted by Crippen LogP contribution is -2.50. The van der Waals surface area contributed by atoms with Crippen LogP contribution in [0.1, 0.15) is 33.1 Å². The summed E-state index contributed by atoms with van der Waals surface area (Å²) in [5.41, 5.74) is 0. The minimum atomic E-state index is 0. The second-order valence-corrected chi connectivity index (χ2v) is 7.38. The summed E-state index contributed by atoms with van der Waals surface area (Å²) >= 11 is 0. The third-order valence-electron chi connectivity index (χ3n) is 5.32. The fraction of sp³-hybridized carbons (Fsp3) is 0.938. The largest absolute Gasteiger partial charge is 0.341 e. The SMILES string of the molecule is CC1CC(C)CN(C(=O)CN2CCC3NCCC3C2)C1.Cl.